The Bertz CT molecular complexity index is 515. The van der Waals surface area contributed by atoms with Gasteiger partial charge >= 0.3 is 0 Å². The molecule has 0 atom stereocenters. The molecule has 2 nitrogen and oxygen atoms in total. The molecule has 1 aromatic carbocycles. The van der Waals surface area contributed by atoms with Crippen LogP contribution in [0.2, 0.25) is 0 Å². The van der Waals surface area contributed by atoms with Gasteiger partial charge in [-0.05, 0) is 18.6 Å². The molecule has 0 saturated carbocycles. The number of hydrogen-bond donors (Lipinski definition) is 0. The number of quaternary nitrogens is 1. The zero-order valence-electron chi connectivity index (χ0n) is 10.8. The molecule has 1 heterocycles. The third-order valence-corrected chi connectivity index (χ3v) is 2.95. The van der Waals surface area contributed by atoms with Crippen molar-refractivity contribution in [3.8, 4) is 0 Å². The number of benzene rings is 1. The van der Waals surface area contributed by atoms with Crippen LogP contribution in [0.3, 0.4) is 0 Å². The fraction of sp³-hybridized carbons (Fsp3) is 0.308. The second-order valence-electron chi connectivity index (χ2n) is 6.00. The zero-order valence-corrected chi connectivity index (χ0v) is 10.8. The summed E-state index contributed by atoms with van der Waals surface area (Å²) in [4.78, 5) is 4.76. The molecule has 0 radical (unpaired) electrons. The first kappa shape index (κ1) is 11.1. The van der Waals surface area contributed by atoms with Crippen LogP contribution in [-0.4, -0.2) is 37.9 Å². The Kier molecular flexibility index (Phi) is 2.72. The molecular weight excluding hydrogens is 195 g/mol. The molecule has 0 bridgehead atoms. The van der Waals surface area contributed by atoms with Crippen molar-refractivity contribution >= 4 is 23.9 Å². The normalized spacial score (nSPS) is 12.0. The quantitative estimate of drug-likeness (QED) is 0.678. The van der Waals surface area contributed by atoms with E-state index < -0.39 is 0 Å². The molecule has 0 amide bonds. The molecule has 0 N–H and O–H groups in total. The van der Waals surface area contributed by atoms with Gasteiger partial charge in [-0.15, -0.1) is 0 Å². The highest BCUT2D eigenvalue weighted by Crippen LogP contribution is 2.13. The van der Waals surface area contributed by atoms with Gasteiger partial charge in [0.25, 0.3) is 0 Å². The second-order valence-corrected chi connectivity index (χ2v) is 6.00. The van der Waals surface area contributed by atoms with Crippen LogP contribution in [0, 0.1) is 6.92 Å². The van der Waals surface area contributed by atoms with E-state index >= 15 is 0 Å². The fourth-order valence-electron chi connectivity index (χ4n) is 2.32. The maximum Gasteiger partial charge on any atom is 0.228 e. The Morgan fingerprint density at radius 1 is 1.12 bits per heavy atom. The standard InChI is InChI=1S/C13H19BN2/c1-10-9-13(14-16(2,3)4)15-12-8-6-5-7-11(10)12/h5-9H,14H2,1-4H3. The SMILES string of the molecule is Cc1cc([BH2-][N+](C)(C)C)nc2ccccc12. The van der Waals surface area contributed by atoms with Gasteiger partial charge in [-0.1, -0.05) is 29.9 Å². The Morgan fingerprint density at radius 3 is 2.50 bits per heavy atom. The van der Waals surface area contributed by atoms with Gasteiger partial charge in [0.1, 0.15) is 0 Å². The minimum atomic E-state index is -0.224. The number of hydrogen-bond acceptors (Lipinski definition) is 1. The summed E-state index contributed by atoms with van der Waals surface area (Å²) in [5, 5.41) is 1.28. The van der Waals surface area contributed by atoms with Crippen molar-refractivity contribution in [1.29, 1.82) is 0 Å². The lowest BCUT2D eigenvalue weighted by Gasteiger charge is -2.33. The first-order valence-corrected chi connectivity index (χ1v) is 5.89. The topological polar surface area (TPSA) is 12.9 Å². The van der Waals surface area contributed by atoms with Crippen molar-refractivity contribution in [3.63, 3.8) is 0 Å². The predicted octanol–water partition coefficient (Wildman–Crippen LogP) is 0.959. The third kappa shape index (κ3) is 2.42. The number of aromatic nitrogens is 1. The monoisotopic (exact) mass is 214 g/mol. The number of para-hydroxylation sites is 1. The van der Waals surface area contributed by atoms with Gasteiger partial charge in [-0.3, -0.25) is 4.98 Å². The Balaban J connectivity index is 2.50. The van der Waals surface area contributed by atoms with Crippen LogP contribution in [0.5, 0.6) is 0 Å². The molecule has 2 aromatic rings. The third-order valence-electron chi connectivity index (χ3n) is 2.95. The summed E-state index contributed by atoms with van der Waals surface area (Å²) in [5.74, 6) is 0. The smallest absolute Gasteiger partial charge is 0.228 e. The van der Waals surface area contributed by atoms with E-state index in [4.69, 9.17) is 4.98 Å². The van der Waals surface area contributed by atoms with E-state index in [2.05, 4.69) is 58.4 Å². The Labute approximate surface area is 97.8 Å². The lowest BCUT2D eigenvalue weighted by molar-refractivity contribution is -0.754. The van der Waals surface area contributed by atoms with Crippen LogP contribution in [0.15, 0.2) is 30.3 Å². The molecule has 1 aromatic heterocycles. The highest BCUT2D eigenvalue weighted by Gasteiger charge is 2.06. The van der Waals surface area contributed by atoms with Crippen LogP contribution in [0.1, 0.15) is 5.56 Å². The van der Waals surface area contributed by atoms with Crippen molar-refractivity contribution in [2.24, 2.45) is 0 Å². The summed E-state index contributed by atoms with van der Waals surface area (Å²) < 4.78 is 1.03. The molecule has 0 aliphatic heterocycles. The molecule has 0 aliphatic rings. The van der Waals surface area contributed by atoms with Crippen LogP contribution >= 0.6 is 0 Å². The van der Waals surface area contributed by atoms with Gasteiger partial charge in [-0.25, -0.2) is 0 Å². The Morgan fingerprint density at radius 2 is 1.81 bits per heavy atom. The largest absolute Gasteiger partial charge is 0.523 e. The number of aryl methyl sites for hydroxylation is 1. The maximum absolute atomic E-state index is 4.76. The van der Waals surface area contributed by atoms with E-state index in [0.717, 1.165) is 9.91 Å². The summed E-state index contributed by atoms with van der Waals surface area (Å²) in [5.41, 5.74) is 3.77. The molecule has 16 heavy (non-hydrogen) atoms. The number of fused-ring (bicyclic) bond motifs is 1. The minimum absolute atomic E-state index is 0.224. The molecule has 2 rings (SSSR count). The summed E-state index contributed by atoms with van der Waals surface area (Å²) in [7, 11) is 6.50. The van der Waals surface area contributed by atoms with Crippen LogP contribution in [0.25, 0.3) is 10.9 Å². The highest BCUT2D eigenvalue weighted by atomic mass is 15.2. The highest BCUT2D eigenvalue weighted by molar-refractivity contribution is 6.45. The predicted molar refractivity (Wildman–Crippen MR) is 72.7 cm³/mol. The lowest BCUT2D eigenvalue weighted by atomic mass is 9.82. The number of nitrogens with zero attached hydrogens (tertiary/aromatic N) is 2. The van der Waals surface area contributed by atoms with Crippen LogP contribution in [0.4, 0.5) is 0 Å². The zero-order chi connectivity index (χ0) is 11.8. The maximum atomic E-state index is 4.76. The van der Waals surface area contributed by atoms with Gasteiger partial charge in [0, 0.05) is 26.5 Å². The average molecular weight is 214 g/mol. The molecular formula is C13H19BN2. The van der Waals surface area contributed by atoms with E-state index in [1.807, 2.05) is 0 Å². The number of pyridine rings is 1. The van der Waals surface area contributed by atoms with Gasteiger partial charge < -0.3 is 4.39 Å². The fourth-order valence-corrected chi connectivity index (χ4v) is 2.32. The molecule has 0 unspecified atom stereocenters. The van der Waals surface area contributed by atoms with E-state index in [1.54, 1.807) is 0 Å². The van der Waals surface area contributed by atoms with Gasteiger partial charge in [-0.2, -0.15) is 0 Å². The van der Waals surface area contributed by atoms with E-state index in [-0.39, 0.29) is 7.41 Å². The first-order chi connectivity index (χ1) is 7.46. The van der Waals surface area contributed by atoms with E-state index in [9.17, 15) is 0 Å². The molecule has 0 spiro atoms. The van der Waals surface area contributed by atoms with Crippen LogP contribution < -0.4 is 5.59 Å². The van der Waals surface area contributed by atoms with E-state index in [0.29, 0.717) is 0 Å². The summed E-state index contributed by atoms with van der Waals surface area (Å²) >= 11 is 0. The molecule has 0 fully saturated rings. The average Bonchev–Trinajstić information content (AvgIpc) is 2.15. The minimum Gasteiger partial charge on any atom is -0.523 e. The second kappa shape index (κ2) is 3.91. The Hall–Kier alpha value is -1.35. The first-order valence-electron chi connectivity index (χ1n) is 5.89. The molecule has 0 saturated heterocycles. The van der Waals surface area contributed by atoms with Gasteiger partial charge in [0.05, 0.1) is 5.52 Å². The molecule has 3 heteroatoms. The van der Waals surface area contributed by atoms with E-state index in [1.165, 1.54) is 16.5 Å². The molecule has 0 aliphatic carbocycles. The van der Waals surface area contributed by atoms with Gasteiger partial charge in [0.15, 0.2) is 0 Å². The number of rotatable bonds is 2. The van der Waals surface area contributed by atoms with Crippen molar-refractivity contribution in [3.05, 3.63) is 35.9 Å². The van der Waals surface area contributed by atoms with Crippen LogP contribution in [-0.2, 0) is 0 Å². The lowest BCUT2D eigenvalue weighted by Crippen LogP contribution is -2.46. The summed E-state index contributed by atoms with van der Waals surface area (Å²) in [6, 6.07) is 10.6. The van der Waals surface area contributed by atoms with Crippen molar-refractivity contribution in [2.75, 3.05) is 21.1 Å². The molecule has 84 valence electrons. The van der Waals surface area contributed by atoms with Gasteiger partial charge in [0.2, 0.25) is 7.41 Å². The van der Waals surface area contributed by atoms with Crippen molar-refractivity contribution < 1.29 is 4.39 Å². The van der Waals surface area contributed by atoms with Crippen molar-refractivity contribution in [1.82, 2.24) is 4.98 Å². The summed E-state index contributed by atoms with van der Waals surface area (Å²) in [6.45, 7) is 2.18. The summed E-state index contributed by atoms with van der Waals surface area (Å²) in [6.07, 6.45) is 0. The van der Waals surface area contributed by atoms with Crippen molar-refractivity contribution in [2.45, 2.75) is 6.92 Å².